The molecule has 0 saturated heterocycles. The number of benzene rings is 2. The van der Waals surface area contributed by atoms with Crippen molar-refractivity contribution < 1.29 is 0 Å². The fourth-order valence-corrected chi connectivity index (χ4v) is 11.3. The molecule has 2 unspecified atom stereocenters. The Kier molecular flexibility index (Phi) is 25.0. The van der Waals surface area contributed by atoms with Gasteiger partial charge in [-0.05, 0) is 81.5 Å². The molecule has 4 aromatic heterocycles. The molecule has 2 aromatic carbocycles. The van der Waals surface area contributed by atoms with Gasteiger partial charge < -0.3 is 0 Å². The fourth-order valence-electron chi connectivity index (χ4n) is 10.1. The van der Waals surface area contributed by atoms with Gasteiger partial charge in [-0.15, -0.1) is 0 Å². The average molecular weight is 985 g/mol. The lowest BCUT2D eigenvalue weighted by Gasteiger charge is -2.18. The smallest absolute Gasteiger partial charge is 0.262 e. The molecule has 4 heterocycles. The minimum atomic E-state index is -0.366. The van der Waals surface area contributed by atoms with Gasteiger partial charge in [-0.3, -0.25) is 28.3 Å². The Balaban J connectivity index is 1.69. The Morgan fingerprint density at radius 2 is 0.597 bits per heavy atom. The minimum Gasteiger partial charge on any atom is -0.274 e. The molecule has 0 radical (unpaired) electrons. The summed E-state index contributed by atoms with van der Waals surface area (Å²) in [5.41, 5.74) is -1.46. The summed E-state index contributed by atoms with van der Waals surface area (Å²) in [6.07, 6.45) is 38.3. The van der Waals surface area contributed by atoms with E-state index in [0.29, 0.717) is 54.4 Å². The third-order valence-corrected chi connectivity index (χ3v) is 15.2. The minimum absolute atomic E-state index is 0.205. The number of aromatic nitrogens is 2. The van der Waals surface area contributed by atoms with E-state index in [1.165, 1.54) is 163 Å². The summed E-state index contributed by atoms with van der Waals surface area (Å²) in [6, 6.07) is 3.46. The number of hydrogen-bond acceptors (Lipinski definition) is 4. The maximum absolute atomic E-state index is 14.8. The molecule has 6 rings (SSSR count). The van der Waals surface area contributed by atoms with Crippen molar-refractivity contribution in [3.8, 4) is 0 Å². The molecule has 0 N–H and O–H groups in total. The van der Waals surface area contributed by atoms with Crippen LogP contribution in [-0.2, 0) is 13.1 Å². The summed E-state index contributed by atoms with van der Waals surface area (Å²) >= 11 is 7.38. The van der Waals surface area contributed by atoms with Gasteiger partial charge in [0.15, 0.2) is 0 Å². The van der Waals surface area contributed by atoms with E-state index in [-0.39, 0.29) is 34.1 Å². The van der Waals surface area contributed by atoms with E-state index in [1.54, 1.807) is 12.1 Å². The maximum Gasteiger partial charge on any atom is 0.262 e. The molecule has 0 fully saturated rings. The Morgan fingerprint density at radius 3 is 0.855 bits per heavy atom. The van der Waals surface area contributed by atoms with Crippen molar-refractivity contribution in [3.63, 3.8) is 0 Å². The lowest BCUT2D eigenvalue weighted by atomic mass is 9.93. The third kappa shape index (κ3) is 15.5. The van der Waals surface area contributed by atoms with Crippen LogP contribution in [0.3, 0.4) is 0 Å². The predicted octanol–water partition coefficient (Wildman–Crippen LogP) is 16.4. The maximum atomic E-state index is 14.8. The molecule has 0 amide bonds. The van der Waals surface area contributed by atoms with Gasteiger partial charge in [0, 0.05) is 43.6 Å². The second-order valence-electron chi connectivity index (χ2n) is 19.1. The van der Waals surface area contributed by atoms with Gasteiger partial charge in [-0.25, -0.2) is 0 Å². The van der Waals surface area contributed by atoms with E-state index >= 15 is 0 Å². The van der Waals surface area contributed by atoms with E-state index in [0.717, 1.165) is 51.4 Å². The molecule has 6 nitrogen and oxygen atoms in total. The van der Waals surface area contributed by atoms with Crippen LogP contribution in [0.1, 0.15) is 233 Å². The third-order valence-electron chi connectivity index (χ3n) is 13.9. The van der Waals surface area contributed by atoms with Crippen molar-refractivity contribution >= 4 is 64.2 Å². The van der Waals surface area contributed by atoms with Gasteiger partial charge in [0.1, 0.15) is 0 Å². The van der Waals surface area contributed by atoms with E-state index in [9.17, 15) is 19.2 Å². The number of hydrogen-bond donors (Lipinski definition) is 0. The molecule has 0 saturated carbocycles. The molecule has 0 spiro atoms. The highest BCUT2D eigenvalue weighted by atomic mass is 79.9. The lowest BCUT2D eigenvalue weighted by molar-refractivity contribution is 0.350. The van der Waals surface area contributed by atoms with E-state index in [4.69, 9.17) is 0 Å². The summed E-state index contributed by atoms with van der Waals surface area (Å²) in [5.74, 6) is 0.411. The van der Waals surface area contributed by atoms with Gasteiger partial charge in [-0.1, -0.05) is 207 Å². The first-order valence-corrected chi connectivity index (χ1v) is 27.5. The van der Waals surface area contributed by atoms with Gasteiger partial charge in [0.2, 0.25) is 0 Å². The van der Waals surface area contributed by atoms with Crippen LogP contribution in [0, 0.1) is 11.8 Å². The standard InChI is InChI=1S/C54H84Br2N2O4/c1-5-9-13-17-21-23-27-31-35-41(33-29-25-19-15-11-7-3)39-57-51(59)43-37-45(55)49(53(57)61)48-44-38-46(56)50(47(43)48)54(62)58(52(44)60)40-42(34-30-26-20-16-12-8-4)36-32-28-24-22-18-14-10-6-2/h37-38,41-42H,5-36,39-40H2,1-4H3. The van der Waals surface area contributed by atoms with Gasteiger partial charge in [0.05, 0.1) is 10.8 Å². The lowest BCUT2D eigenvalue weighted by Crippen LogP contribution is -2.33. The second kappa shape index (κ2) is 29.5. The Labute approximate surface area is 391 Å². The SMILES string of the molecule is CCCCCCCCCCC(CCCCCCCC)Cn1c(=O)c2cc(Br)c(c1=O)c1c3cc(Br)c(c(=O)n(CC(CCCCCCCC)CCCCCCCCCC)c3=O)c21. The number of halogens is 2. The van der Waals surface area contributed by atoms with Gasteiger partial charge in [-0.2, -0.15) is 0 Å². The van der Waals surface area contributed by atoms with Crippen LogP contribution in [0.4, 0.5) is 0 Å². The first kappa shape index (κ1) is 52.6. The van der Waals surface area contributed by atoms with Crippen LogP contribution in [0.25, 0.3) is 32.3 Å². The van der Waals surface area contributed by atoms with Crippen molar-refractivity contribution in [2.75, 3.05) is 0 Å². The van der Waals surface area contributed by atoms with Crippen LogP contribution in [-0.4, -0.2) is 9.13 Å². The monoisotopic (exact) mass is 982 g/mol. The molecular formula is C54H84Br2N2O4. The zero-order valence-electron chi connectivity index (χ0n) is 39.6. The predicted molar refractivity (Wildman–Crippen MR) is 275 cm³/mol. The molecule has 2 atom stereocenters. The second-order valence-corrected chi connectivity index (χ2v) is 20.8. The molecule has 0 aliphatic carbocycles. The largest absolute Gasteiger partial charge is 0.274 e. The average Bonchev–Trinajstić information content (AvgIpc) is 3.49. The Bertz CT molecular complexity index is 1960. The summed E-state index contributed by atoms with van der Waals surface area (Å²) < 4.78 is 3.93. The Hall–Kier alpha value is -2.06. The summed E-state index contributed by atoms with van der Waals surface area (Å²) in [6.45, 7) is 9.71. The van der Waals surface area contributed by atoms with Crippen LogP contribution in [0.5, 0.6) is 0 Å². The highest BCUT2D eigenvalue weighted by Gasteiger charge is 2.26. The van der Waals surface area contributed by atoms with Crippen molar-refractivity contribution in [2.24, 2.45) is 11.8 Å². The zero-order chi connectivity index (χ0) is 44.7. The van der Waals surface area contributed by atoms with E-state index in [2.05, 4.69) is 59.6 Å². The molecule has 8 heteroatoms. The van der Waals surface area contributed by atoms with E-state index < -0.39 is 0 Å². The van der Waals surface area contributed by atoms with Crippen molar-refractivity contribution in [2.45, 2.75) is 246 Å². The van der Waals surface area contributed by atoms with Crippen LogP contribution in [0.2, 0.25) is 0 Å². The number of fused-ring (bicyclic) bond motifs is 6. The summed E-state index contributed by atoms with van der Waals surface area (Å²) in [7, 11) is 0. The molecule has 6 aromatic rings. The fraction of sp³-hybridized carbons (Fsp3) is 0.741. The number of nitrogens with zero attached hydrogens (tertiary/aromatic N) is 2. The van der Waals surface area contributed by atoms with Crippen LogP contribution in [0.15, 0.2) is 40.3 Å². The topological polar surface area (TPSA) is 78.1 Å². The Morgan fingerprint density at radius 1 is 0.355 bits per heavy atom. The summed E-state index contributed by atoms with van der Waals surface area (Å²) in [4.78, 5) is 59.2. The normalized spacial score (nSPS) is 13.1. The number of rotatable bonds is 36. The van der Waals surface area contributed by atoms with Crippen molar-refractivity contribution in [3.05, 3.63) is 62.5 Å². The molecular weight excluding hydrogens is 900 g/mol. The zero-order valence-corrected chi connectivity index (χ0v) is 42.8. The summed E-state index contributed by atoms with van der Waals surface area (Å²) in [5, 5.41) is 2.20. The number of unbranched alkanes of at least 4 members (excludes halogenated alkanes) is 24. The first-order valence-electron chi connectivity index (χ1n) is 25.9. The molecule has 0 aliphatic heterocycles. The molecule has 348 valence electrons. The highest BCUT2D eigenvalue weighted by Crippen LogP contribution is 2.37. The van der Waals surface area contributed by atoms with Gasteiger partial charge in [0.25, 0.3) is 22.2 Å². The molecule has 0 aliphatic rings. The van der Waals surface area contributed by atoms with E-state index in [1.807, 2.05) is 0 Å². The highest BCUT2D eigenvalue weighted by molar-refractivity contribution is 9.11. The van der Waals surface area contributed by atoms with Crippen LogP contribution >= 0.6 is 31.9 Å². The quantitative estimate of drug-likeness (QED) is 0.0425. The molecule has 4 bridgehead atoms. The van der Waals surface area contributed by atoms with Gasteiger partial charge >= 0.3 is 0 Å². The first-order chi connectivity index (χ1) is 30.2. The van der Waals surface area contributed by atoms with Crippen molar-refractivity contribution in [1.29, 1.82) is 0 Å². The van der Waals surface area contributed by atoms with Crippen LogP contribution < -0.4 is 22.2 Å². The molecule has 62 heavy (non-hydrogen) atoms. The van der Waals surface area contributed by atoms with Crippen molar-refractivity contribution in [1.82, 2.24) is 9.13 Å².